The van der Waals surface area contributed by atoms with Crippen LogP contribution in [-0.2, 0) is 9.68 Å². The molecule has 0 aliphatic rings. The van der Waals surface area contributed by atoms with E-state index in [-0.39, 0.29) is 10.8 Å². The zero-order chi connectivity index (χ0) is 12.5. The highest BCUT2D eigenvalue weighted by Gasteiger charge is 2.46. The molecule has 0 aliphatic heterocycles. The first kappa shape index (κ1) is 14.4. The second-order valence-electron chi connectivity index (χ2n) is 6.63. The molecule has 0 heterocycles. The minimum atomic E-state index is -0.699. The van der Waals surface area contributed by atoms with Crippen molar-refractivity contribution in [1.82, 2.24) is 0 Å². The summed E-state index contributed by atoms with van der Waals surface area (Å²) in [5.74, 6) is -0.572. The Morgan fingerprint density at radius 2 is 1.47 bits per heavy atom. The zero-order valence-electron chi connectivity index (χ0n) is 11.0. The zero-order valence-corrected chi connectivity index (χ0v) is 11.0. The van der Waals surface area contributed by atoms with Crippen LogP contribution in [0.3, 0.4) is 0 Å². The lowest BCUT2D eigenvalue weighted by molar-refractivity contribution is -0.250. The standard InChI is InChI=1S/C12H24O3/c1-10(2,3)8-11(4,5)12(6,7)9(13)15-14/h14H,8H2,1-7H3. The number of carbonyl (C=O) groups is 1. The molecule has 90 valence electrons. The van der Waals surface area contributed by atoms with E-state index < -0.39 is 11.4 Å². The predicted molar refractivity (Wildman–Crippen MR) is 60.4 cm³/mol. The summed E-state index contributed by atoms with van der Waals surface area (Å²) in [5.41, 5.74) is -0.795. The Balaban J connectivity index is 4.93. The van der Waals surface area contributed by atoms with Gasteiger partial charge in [0.05, 0.1) is 5.41 Å². The number of carbonyl (C=O) groups excluding carboxylic acids is 1. The number of hydrogen-bond donors (Lipinski definition) is 1. The highest BCUT2D eigenvalue weighted by atomic mass is 17.1. The molecule has 0 rings (SSSR count). The van der Waals surface area contributed by atoms with E-state index in [4.69, 9.17) is 5.26 Å². The average Bonchev–Trinajstić information content (AvgIpc) is 1.97. The van der Waals surface area contributed by atoms with E-state index in [1.165, 1.54) is 0 Å². The summed E-state index contributed by atoms with van der Waals surface area (Å²) in [6, 6.07) is 0. The highest BCUT2D eigenvalue weighted by molar-refractivity contribution is 5.76. The third-order valence-corrected chi connectivity index (χ3v) is 3.26. The molecule has 0 saturated heterocycles. The fourth-order valence-electron chi connectivity index (χ4n) is 1.94. The Hall–Kier alpha value is -0.570. The maximum absolute atomic E-state index is 11.5. The summed E-state index contributed by atoms with van der Waals surface area (Å²) in [4.78, 5) is 15.4. The molecular weight excluding hydrogens is 192 g/mol. The third kappa shape index (κ3) is 3.49. The lowest BCUT2D eigenvalue weighted by Crippen LogP contribution is -2.42. The van der Waals surface area contributed by atoms with E-state index >= 15 is 0 Å². The quantitative estimate of drug-likeness (QED) is 0.580. The number of rotatable bonds is 3. The van der Waals surface area contributed by atoms with E-state index in [1.807, 2.05) is 13.8 Å². The van der Waals surface area contributed by atoms with Gasteiger partial charge in [0.25, 0.3) is 0 Å². The maximum atomic E-state index is 11.5. The van der Waals surface area contributed by atoms with E-state index in [2.05, 4.69) is 25.7 Å². The molecule has 0 bridgehead atoms. The molecule has 1 N–H and O–H groups in total. The number of hydrogen-bond acceptors (Lipinski definition) is 3. The Morgan fingerprint density at radius 3 is 1.73 bits per heavy atom. The highest BCUT2D eigenvalue weighted by Crippen LogP contribution is 2.46. The van der Waals surface area contributed by atoms with Gasteiger partial charge in [-0.3, -0.25) is 0 Å². The first-order chi connectivity index (χ1) is 6.44. The molecule has 0 radical (unpaired) electrons. The first-order valence-corrected chi connectivity index (χ1v) is 5.30. The van der Waals surface area contributed by atoms with E-state index in [1.54, 1.807) is 13.8 Å². The molecule has 0 amide bonds. The van der Waals surface area contributed by atoms with E-state index in [9.17, 15) is 4.79 Å². The summed E-state index contributed by atoms with van der Waals surface area (Å²) in [5, 5.41) is 8.48. The van der Waals surface area contributed by atoms with Crippen molar-refractivity contribution in [3.8, 4) is 0 Å². The monoisotopic (exact) mass is 216 g/mol. The van der Waals surface area contributed by atoms with Crippen molar-refractivity contribution in [2.75, 3.05) is 0 Å². The minimum absolute atomic E-state index is 0.135. The van der Waals surface area contributed by atoms with Gasteiger partial charge in [-0.05, 0) is 31.1 Å². The minimum Gasteiger partial charge on any atom is -0.300 e. The van der Waals surface area contributed by atoms with Crippen LogP contribution in [0.15, 0.2) is 0 Å². The maximum Gasteiger partial charge on any atom is 0.348 e. The molecule has 0 aliphatic carbocycles. The molecule has 0 spiro atoms. The van der Waals surface area contributed by atoms with Crippen LogP contribution in [0.2, 0.25) is 0 Å². The molecule has 3 heteroatoms. The van der Waals surface area contributed by atoms with Gasteiger partial charge in [-0.25, -0.2) is 4.79 Å². The molecule has 0 fully saturated rings. The van der Waals surface area contributed by atoms with Crippen LogP contribution in [0.4, 0.5) is 0 Å². The van der Waals surface area contributed by atoms with Crippen molar-refractivity contribution >= 4 is 5.97 Å². The smallest absolute Gasteiger partial charge is 0.300 e. The van der Waals surface area contributed by atoms with Crippen molar-refractivity contribution in [3.63, 3.8) is 0 Å². The van der Waals surface area contributed by atoms with Crippen LogP contribution in [0, 0.1) is 16.2 Å². The van der Waals surface area contributed by atoms with Crippen LogP contribution >= 0.6 is 0 Å². The van der Waals surface area contributed by atoms with Crippen LogP contribution in [0.5, 0.6) is 0 Å². The molecule has 3 nitrogen and oxygen atoms in total. The van der Waals surface area contributed by atoms with Gasteiger partial charge in [-0.1, -0.05) is 34.6 Å². The van der Waals surface area contributed by atoms with Crippen LogP contribution in [0.25, 0.3) is 0 Å². The van der Waals surface area contributed by atoms with Gasteiger partial charge in [-0.15, -0.1) is 0 Å². The summed E-state index contributed by atoms with van der Waals surface area (Å²) in [7, 11) is 0. The lowest BCUT2D eigenvalue weighted by Gasteiger charge is -2.42. The molecule has 15 heavy (non-hydrogen) atoms. The molecule has 0 unspecified atom stereocenters. The SMILES string of the molecule is CC(C)(C)CC(C)(C)C(C)(C)C(=O)OO. The molecular formula is C12H24O3. The van der Waals surface area contributed by atoms with Gasteiger partial charge < -0.3 is 4.89 Å². The third-order valence-electron chi connectivity index (χ3n) is 3.26. The predicted octanol–water partition coefficient (Wildman–Crippen LogP) is 3.49. The van der Waals surface area contributed by atoms with Gasteiger partial charge >= 0.3 is 5.97 Å². The van der Waals surface area contributed by atoms with Gasteiger partial charge in [0.1, 0.15) is 0 Å². The van der Waals surface area contributed by atoms with Gasteiger partial charge in [0.2, 0.25) is 0 Å². The van der Waals surface area contributed by atoms with Crippen molar-refractivity contribution in [2.24, 2.45) is 16.2 Å². The van der Waals surface area contributed by atoms with Gasteiger partial charge in [0.15, 0.2) is 0 Å². The van der Waals surface area contributed by atoms with Gasteiger partial charge in [-0.2, -0.15) is 5.26 Å². The Kier molecular flexibility index (Phi) is 3.97. The summed E-state index contributed by atoms with van der Waals surface area (Å²) >= 11 is 0. The Morgan fingerprint density at radius 1 is 1.07 bits per heavy atom. The van der Waals surface area contributed by atoms with Crippen molar-refractivity contribution in [1.29, 1.82) is 0 Å². The van der Waals surface area contributed by atoms with Crippen LogP contribution in [0.1, 0.15) is 54.9 Å². The van der Waals surface area contributed by atoms with E-state index in [0.717, 1.165) is 6.42 Å². The van der Waals surface area contributed by atoms with Crippen molar-refractivity contribution < 1.29 is 14.9 Å². The van der Waals surface area contributed by atoms with Crippen LogP contribution in [-0.4, -0.2) is 11.2 Å². The molecule has 0 atom stereocenters. The fourth-order valence-corrected chi connectivity index (χ4v) is 1.94. The Labute approximate surface area is 92.8 Å². The molecule has 0 aromatic carbocycles. The topological polar surface area (TPSA) is 46.5 Å². The van der Waals surface area contributed by atoms with Gasteiger partial charge in [0, 0.05) is 0 Å². The molecule has 0 aromatic heterocycles. The first-order valence-electron chi connectivity index (χ1n) is 5.30. The van der Waals surface area contributed by atoms with Crippen molar-refractivity contribution in [2.45, 2.75) is 54.9 Å². The average molecular weight is 216 g/mol. The molecule has 0 saturated carbocycles. The second-order valence-corrected chi connectivity index (χ2v) is 6.63. The lowest BCUT2D eigenvalue weighted by atomic mass is 9.61. The van der Waals surface area contributed by atoms with Crippen molar-refractivity contribution in [3.05, 3.63) is 0 Å². The fraction of sp³-hybridized carbons (Fsp3) is 0.917. The van der Waals surface area contributed by atoms with Crippen LogP contribution < -0.4 is 0 Å². The second kappa shape index (κ2) is 4.12. The van der Waals surface area contributed by atoms with E-state index in [0.29, 0.717) is 0 Å². The summed E-state index contributed by atoms with van der Waals surface area (Å²) in [6.45, 7) is 14.1. The Bertz CT molecular complexity index is 234. The molecule has 0 aromatic rings. The summed E-state index contributed by atoms with van der Waals surface area (Å²) in [6.07, 6.45) is 0.877. The largest absolute Gasteiger partial charge is 0.348 e. The summed E-state index contributed by atoms with van der Waals surface area (Å²) < 4.78 is 0. The normalized spacial score (nSPS) is 13.9.